The van der Waals surface area contributed by atoms with Crippen LogP contribution in [0.25, 0.3) is 0 Å². The SMILES string of the molecule is [B]c1c(C)cc(OCC)cc1O. The van der Waals surface area contributed by atoms with Crippen LogP contribution in [0, 0.1) is 6.92 Å². The van der Waals surface area contributed by atoms with Crippen LogP contribution < -0.4 is 10.2 Å². The van der Waals surface area contributed by atoms with Gasteiger partial charge in [0.25, 0.3) is 0 Å². The van der Waals surface area contributed by atoms with Crippen molar-refractivity contribution < 1.29 is 9.84 Å². The van der Waals surface area contributed by atoms with Gasteiger partial charge in [-0.3, -0.25) is 0 Å². The Labute approximate surface area is 73.6 Å². The number of phenols is 1. The summed E-state index contributed by atoms with van der Waals surface area (Å²) in [6.07, 6.45) is 0. The number of rotatable bonds is 2. The first-order valence-electron chi connectivity index (χ1n) is 3.87. The van der Waals surface area contributed by atoms with E-state index in [1.807, 2.05) is 13.8 Å². The number of aromatic hydroxyl groups is 1. The van der Waals surface area contributed by atoms with E-state index in [0.717, 1.165) is 5.56 Å². The molecule has 0 aliphatic heterocycles. The van der Waals surface area contributed by atoms with Crippen LogP contribution in [-0.2, 0) is 0 Å². The quantitative estimate of drug-likeness (QED) is 0.654. The third-order valence-corrected chi connectivity index (χ3v) is 1.65. The van der Waals surface area contributed by atoms with Crippen LogP contribution in [0.3, 0.4) is 0 Å². The molecule has 0 aliphatic carbocycles. The highest BCUT2D eigenvalue weighted by Crippen LogP contribution is 2.18. The van der Waals surface area contributed by atoms with Crippen molar-refractivity contribution in [3.8, 4) is 11.5 Å². The van der Waals surface area contributed by atoms with Gasteiger partial charge in [-0.15, -0.1) is 0 Å². The molecule has 0 aromatic heterocycles. The molecule has 3 heteroatoms. The Hall–Kier alpha value is -1.12. The van der Waals surface area contributed by atoms with Crippen molar-refractivity contribution >= 4 is 13.3 Å². The standard InChI is InChI=1S/C9H11BO2/c1-3-12-7-4-6(2)9(10)8(11)5-7/h4-5,11H,3H2,1-2H3. The predicted octanol–water partition coefficient (Wildman–Crippen LogP) is 0.893. The maximum atomic E-state index is 9.30. The molecule has 0 unspecified atom stereocenters. The minimum absolute atomic E-state index is 0.0819. The molecule has 12 heavy (non-hydrogen) atoms. The minimum atomic E-state index is 0.0819. The minimum Gasteiger partial charge on any atom is -0.508 e. The van der Waals surface area contributed by atoms with Crippen LogP contribution in [0.4, 0.5) is 0 Å². The molecule has 1 aromatic carbocycles. The molecule has 0 fully saturated rings. The van der Waals surface area contributed by atoms with Crippen molar-refractivity contribution in [1.82, 2.24) is 0 Å². The summed E-state index contributed by atoms with van der Waals surface area (Å²) in [7, 11) is 5.54. The first-order chi connectivity index (χ1) is 5.65. The molecule has 2 nitrogen and oxygen atoms in total. The fraction of sp³-hybridized carbons (Fsp3) is 0.333. The number of ether oxygens (including phenoxy) is 1. The van der Waals surface area contributed by atoms with E-state index in [2.05, 4.69) is 0 Å². The largest absolute Gasteiger partial charge is 0.508 e. The van der Waals surface area contributed by atoms with Gasteiger partial charge in [0.1, 0.15) is 19.3 Å². The number of hydrogen-bond acceptors (Lipinski definition) is 2. The van der Waals surface area contributed by atoms with Gasteiger partial charge in [0.05, 0.1) is 6.61 Å². The third kappa shape index (κ3) is 1.73. The molecular weight excluding hydrogens is 151 g/mol. The van der Waals surface area contributed by atoms with Crippen LogP contribution in [0.5, 0.6) is 11.5 Å². The topological polar surface area (TPSA) is 29.5 Å². The van der Waals surface area contributed by atoms with Gasteiger partial charge < -0.3 is 9.84 Å². The zero-order chi connectivity index (χ0) is 9.14. The van der Waals surface area contributed by atoms with Gasteiger partial charge in [-0.2, -0.15) is 0 Å². The van der Waals surface area contributed by atoms with Gasteiger partial charge in [0.15, 0.2) is 0 Å². The molecule has 0 amide bonds. The second-order valence-electron chi connectivity index (χ2n) is 2.61. The first kappa shape index (κ1) is 8.98. The molecular formula is C9H11BO2. The summed E-state index contributed by atoms with van der Waals surface area (Å²) >= 11 is 0. The van der Waals surface area contributed by atoms with Crippen molar-refractivity contribution in [1.29, 1.82) is 0 Å². The van der Waals surface area contributed by atoms with Gasteiger partial charge in [0, 0.05) is 6.07 Å². The van der Waals surface area contributed by atoms with E-state index in [-0.39, 0.29) is 5.75 Å². The average Bonchev–Trinajstić information content (AvgIpc) is 2.01. The Morgan fingerprint density at radius 1 is 1.50 bits per heavy atom. The molecule has 0 bridgehead atoms. The highest BCUT2D eigenvalue weighted by atomic mass is 16.5. The van der Waals surface area contributed by atoms with Gasteiger partial charge in [-0.25, -0.2) is 0 Å². The van der Waals surface area contributed by atoms with Crippen molar-refractivity contribution in [2.45, 2.75) is 13.8 Å². The zero-order valence-electron chi connectivity index (χ0n) is 7.29. The molecule has 0 saturated heterocycles. The van der Waals surface area contributed by atoms with E-state index in [9.17, 15) is 5.11 Å². The van der Waals surface area contributed by atoms with Gasteiger partial charge in [-0.05, 0) is 19.9 Å². The summed E-state index contributed by atoms with van der Waals surface area (Å²) in [5, 5.41) is 9.30. The smallest absolute Gasteiger partial charge is 0.123 e. The summed E-state index contributed by atoms with van der Waals surface area (Å²) in [6.45, 7) is 4.31. The summed E-state index contributed by atoms with van der Waals surface area (Å²) < 4.78 is 5.21. The summed E-state index contributed by atoms with van der Waals surface area (Å²) in [4.78, 5) is 0. The van der Waals surface area contributed by atoms with E-state index < -0.39 is 0 Å². The van der Waals surface area contributed by atoms with Crippen LogP contribution in [0.1, 0.15) is 12.5 Å². The highest BCUT2D eigenvalue weighted by molar-refractivity contribution is 6.35. The van der Waals surface area contributed by atoms with Gasteiger partial charge in [0.2, 0.25) is 0 Å². The molecule has 0 aliphatic rings. The molecule has 0 spiro atoms. The molecule has 0 heterocycles. The van der Waals surface area contributed by atoms with Crippen molar-refractivity contribution in [3.63, 3.8) is 0 Å². The number of hydrogen-bond donors (Lipinski definition) is 1. The molecule has 0 atom stereocenters. The Bertz CT molecular complexity index is 261. The molecule has 0 saturated carbocycles. The second-order valence-corrected chi connectivity index (χ2v) is 2.61. The van der Waals surface area contributed by atoms with Crippen LogP contribution >= 0.6 is 0 Å². The lowest BCUT2D eigenvalue weighted by Crippen LogP contribution is -2.08. The maximum absolute atomic E-state index is 9.30. The maximum Gasteiger partial charge on any atom is 0.123 e. The van der Waals surface area contributed by atoms with E-state index >= 15 is 0 Å². The normalized spacial score (nSPS) is 9.83. The number of phenolic OH excluding ortho intramolecular Hbond substituents is 1. The van der Waals surface area contributed by atoms with Crippen LogP contribution in [0.2, 0.25) is 0 Å². The Kier molecular flexibility index (Phi) is 2.63. The average molecular weight is 162 g/mol. The summed E-state index contributed by atoms with van der Waals surface area (Å²) in [5.41, 5.74) is 1.25. The van der Waals surface area contributed by atoms with Crippen molar-refractivity contribution in [3.05, 3.63) is 17.7 Å². The molecule has 62 valence electrons. The fourth-order valence-electron chi connectivity index (χ4n) is 0.997. The van der Waals surface area contributed by atoms with Gasteiger partial charge in [-0.1, -0.05) is 11.0 Å². The fourth-order valence-corrected chi connectivity index (χ4v) is 0.997. The van der Waals surface area contributed by atoms with E-state index in [1.165, 1.54) is 6.07 Å². The summed E-state index contributed by atoms with van der Waals surface area (Å²) in [5.74, 6) is 0.736. The highest BCUT2D eigenvalue weighted by Gasteiger charge is 2.02. The van der Waals surface area contributed by atoms with E-state index in [4.69, 9.17) is 12.6 Å². The second kappa shape index (κ2) is 3.52. The Morgan fingerprint density at radius 2 is 2.17 bits per heavy atom. The van der Waals surface area contributed by atoms with Crippen molar-refractivity contribution in [2.24, 2.45) is 0 Å². The Balaban J connectivity index is 3.04. The third-order valence-electron chi connectivity index (χ3n) is 1.65. The number of aryl methyl sites for hydroxylation is 1. The monoisotopic (exact) mass is 162 g/mol. The first-order valence-corrected chi connectivity index (χ1v) is 3.87. The van der Waals surface area contributed by atoms with Crippen LogP contribution in [-0.4, -0.2) is 19.6 Å². The lowest BCUT2D eigenvalue weighted by molar-refractivity contribution is 0.337. The number of benzene rings is 1. The molecule has 1 N–H and O–H groups in total. The Morgan fingerprint density at radius 3 is 2.67 bits per heavy atom. The predicted molar refractivity (Wildman–Crippen MR) is 49.4 cm³/mol. The van der Waals surface area contributed by atoms with E-state index in [1.54, 1.807) is 6.07 Å². The lowest BCUT2D eigenvalue weighted by atomic mass is 9.90. The molecule has 2 radical (unpaired) electrons. The van der Waals surface area contributed by atoms with E-state index in [0.29, 0.717) is 17.8 Å². The van der Waals surface area contributed by atoms with Crippen molar-refractivity contribution in [2.75, 3.05) is 6.61 Å². The lowest BCUT2D eigenvalue weighted by Gasteiger charge is -2.08. The summed E-state index contributed by atoms with van der Waals surface area (Å²) in [6, 6.07) is 3.32. The molecule has 1 aromatic rings. The zero-order valence-corrected chi connectivity index (χ0v) is 7.29. The van der Waals surface area contributed by atoms with Crippen LogP contribution in [0.15, 0.2) is 12.1 Å². The molecule has 1 rings (SSSR count). The van der Waals surface area contributed by atoms with Gasteiger partial charge >= 0.3 is 0 Å².